The highest BCUT2D eigenvalue weighted by atomic mass is 35.5. The van der Waals surface area contributed by atoms with Gasteiger partial charge < -0.3 is 4.84 Å². The van der Waals surface area contributed by atoms with Gasteiger partial charge in [-0.1, -0.05) is 0 Å². The molecule has 0 spiro atoms. The molecule has 0 aromatic carbocycles. The van der Waals surface area contributed by atoms with E-state index < -0.39 is 0 Å². The van der Waals surface area contributed by atoms with Crippen LogP contribution in [-0.4, -0.2) is 11.2 Å². The van der Waals surface area contributed by atoms with E-state index in [1.165, 1.54) is 11.4 Å². The molecule has 0 aromatic heterocycles. The van der Waals surface area contributed by atoms with Gasteiger partial charge in [-0.2, -0.15) is 0 Å². The summed E-state index contributed by atoms with van der Waals surface area (Å²) in [6.07, 6.45) is 3.17. The number of hydrazine groups is 1. The number of hydrogen-bond acceptors (Lipinski definition) is 3. The van der Waals surface area contributed by atoms with E-state index >= 15 is 0 Å². The van der Waals surface area contributed by atoms with Crippen molar-refractivity contribution in [1.82, 2.24) is 10.6 Å². The van der Waals surface area contributed by atoms with Gasteiger partial charge >= 0.3 is 0 Å². The molecule has 1 aliphatic heterocycles. The summed E-state index contributed by atoms with van der Waals surface area (Å²) in [5.74, 6) is 0. The van der Waals surface area contributed by atoms with E-state index in [4.69, 9.17) is 16.4 Å². The van der Waals surface area contributed by atoms with Crippen LogP contribution in [0.5, 0.6) is 0 Å². The first-order chi connectivity index (χ1) is 3.43. The van der Waals surface area contributed by atoms with Crippen LogP contribution in [-0.2, 0) is 4.84 Å². The van der Waals surface area contributed by atoms with Crippen LogP contribution in [0.15, 0.2) is 12.5 Å². The zero-order valence-electron chi connectivity index (χ0n) is 3.60. The van der Waals surface area contributed by atoms with Crippen molar-refractivity contribution in [3.63, 3.8) is 0 Å². The van der Waals surface area contributed by atoms with E-state index in [2.05, 4.69) is 5.43 Å². The second kappa shape index (κ2) is 2.04. The van der Waals surface area contributed by atoms with Gasteiger partial charge in [0.15, 0.2) is 0 Å². The molecule has 4 heteroatoms. The fraction of sp³-hybridized carbons (Fsp3) is 0.333. The fourth-order valence-corrected chi connectivity index (χ4v) is 0.436. The molecule has 0 saturated carbocycles. The Labute approximate surface area is 46.4 Å². The highest BCUT2D eigenvalue weighted by molar-refractivity contribution is 6.17. The predicted molar refractivity (Wildman–Crippen MR) is 25.9 cm³/mol. The summed E-state index contributed by atoms with van der Waals surface area (Å²) in [6, 6.07) is 0.326. The molecule has 0 saturated heterocycles. The molecular weight excluding hydrogens is 115 g/mol. The summed E-state index contributed by atoms with van der Waals surface area (Å²) in [6.45, 7) is 0. The Morgan fingerprint density at radius 1 is 1.86 bits per heavy atom. The summed E-state index contributed by atoms with van der Waals surface area (Å²) in [5.41, 5.74) is 2.70. The van der Waals surface area contributed by atoms with E-state index in [1.54, 1.807) is 6.20 Å². The average Bonchev–Trinajstić information content (AvgIpc) is 2.14. The lowest BCUT2D eigenvalue weighted by Gasteiger charge is -2.07. The minimum absolute atomic E-state index is 0.326. The molecule has 40 valence electrons. The molecule has 0 unspecified atom stereocenters. The van der Waals surface area contributed by atoms with Crippen molar-refractivity contribution in [2.45, 2.75) is 0 Å². The van der Waals surface area contributed by atoms with Crippen LogP contribution in [0.1, 0.15) is 0 Å². The van der Waals surface area contributed by atoms with Crippen molar-refractivity contribution >= 4 is 11.6 Å². The second-order valence-corrected chi connectivity index (χ2v) is 1.27. The number of rotatable bonds is 1. The first kappa shape index (κ1) is 4.74. The topological polar surface area (TPSA) is 24.5 Å². The third-order valence-electron chi connectivity index (χ3n) is 0.583. The minimum Gasteiger partial charge on any atom is -0.391 e. The van der Waals surface area contributed by atoms with Crippen molar-refractivity contribution in [3.8, 4) is 0 Å². The standard InChI is InChI=1S/C3H5ClN2O/c4-3-6-5-1-2-7-6/h1-2,5H,3H2. The molecule has 0 aliphatic carbocycles. The molecule has 1 heterocycles. The van der Waals surface area contributed by atoms with E-state index in [1.807, 2.05) is 0 Å². The van der Waals surface area contributed by atoms with Crippen molar-refractivity contribution < 1.29 is 4.84 Å². The van der Waals surface area contributed by atoms with Gasteiger partial charge in [0, 0.05) is 0 Å². The zero-order chi connectivity index (χ0) is 5.11. The fourth-order valence-electron chi connectivity index (χ4n) is 0.311. The third kappa shape index (κ3) is 0.976. The normalized spacial score (nSPS) is 19.0. The summed E-state index contributed by atoms with van der Waals surface area (Å²) in [7, 11) is 0. The van der Waals surface area contributed by atoms with Crippen LogP contribution in [0.2, 0.25) is 0 Å². The first-order valence-corrected chi connectivity index (χ1v) is 2.38. The maximum Gasteiger partial charge on any atom is 0.131 e. The molecule has 0 radical (unpaired) electrons. The van der Waals surface area contributed by atoms with Crippen molar-refractivity contribution in [3.05, 3.63) is 12.5 Å². The lowest BCUT2D eigenvalue weighted by molar-refractivity contribution is -0.0959. The molecule has 0 fully saturated rings. The summed E-state index contributed by atoms with van der Waals surface area (Å²) in [4.78, 5) is 4.71. The number of hydroxylamine groups is 1. The van der Waals surface area contributed by atoms with E-state index in [0.717, 1.165) is 0 Å². The number of nitrogens with zero attached hydrogens (tertiary/aromatic N) is 1. The number of alkyl halides is 1. The zero-order valence-corrected chi connectivity index (χ0v) is 4.35. The summed E-state index contributed by atoms with van der Waals surface area (Å²) in [5, 5.41) is 1.39. The number of hydrogen-bond donors (Lipinski definition) is 1. The molecular formula is C3H5ClN2O. The van der Waals surface area contributed by atoms with Gasteiger partial charge in [0.05, 0.1) is 6.20 Å². The lowest BCUT2D eigenvalue weighted by Crippen LogP contribution is -2.26. The van der Waals surface area contributed by atoms with Gasteiger partial charge in [-0.3, -0.25) is 5.43 Å². The highest BCUT2D eigenvalue weighted by Gasteiger charge is 2.00. The average molecular weight is 121 g/mol. The third-order valence-corrected chi connectivity index (χ3v) is 0.800. The van der Waals surface area contributed by atoms with Crippen molar-refractivity contribution in [2.75, 3.05) is 6.00 Å². The Balaban J connectivity index is 2.22. The van der Waals surface area contributed by atoms with Gasteiger partial charge in [-0.15, -0.1) is 11.6 Å². The maximum atomic E-state index is 5.31. The molecule has 7 heavy (non-hydrogen) atoms. The van der Waals surface area contributed by atoms with Crippen LogP contribution in [0.3, 0.4) is 0 Å². The van der Waals surface area contributed by atoms with Crippen LogP contribution in [0, 0.1) is 0 Å². The lowest BCUT2D eigenvalue weighted by atomic mass is 11.0. The van der Waals surface area contributed by atoms with Crippen molar-refractivity contribution in [2.24, 2.45) is 0 Å². The van der Waals surface area contributed by atoms with Gasteiger partial charge in [-0.05, 0) is 5.17 Å². The van der Waals surface area contributed by atoms with Gasteiger partial charge in [-0.25, -0.2) is 0 Å². The molecule has 0 aromatic rings. The Kier molecular flexibility index (Phi) is 1.38. The van der Waals surface area contributed by atoms with Crippen LogP contribution < -0.4 is 5.43 Å². The summed E-state index contributed by atoms with van der Waals surface area (Å²) < 4.78 is 0. The van der Waals surface area contributed by atoms with Gasteiger partial charge in [0.25, 0.3) is 0 Å². The maximum absolute atomic E-state index is 5.31. The van der Waals surface area contributed by atoms with Crippen LogP contribution in [0.25, 0.3) is 0 Å². The smallest absolute Gasteiger partial charge is 0.131 e. The Morgan fingerprint density at radius 3 is 3.00 bits per heavy atom. The van der Waals surface area contributed by atoms with E-state index in [-0.39, 0.29) is 0 Å². The molecule has 1 N–H and O–H groups in total. The molecule has 1 aliphatic rings. The van der Waals surface area contributed by atoms with Crippen LogP contribution in [0.4, 0.5) is 0 Å². The number of nitrogens with one attached hydrogen (secondary N) is 1. The quantitative estimate of drug-likeness (QED) is 0.401. The monoisotopic (exact) mass is 120 g/mol. The second-order valence-electron chi connectivity index (χ2n) is 1.04. The highest BCUT2D eigenvalue weighted by Crippen LogP contribution is 1.94. The van der Waals surface area contributed by atoms with E-state index in [0.29, 0.717) is 6.00 Å². The Bertz CT molecular complexity index is 77.0. The minimum atomic E-state index is 0.326. The Hall–Kier alpha value is -0.410. The molecule has 0 amide bonds. The van der Waals surface area contributed by atoms with E-state index in [9.17, 15) is 0 Å². The summed E-state index contributed by atoms with van der Waals surface area (Å²) >= 11 is 5.31. The molecule has 0 bridgehead atoms. The van der Waals surface area contributed by atoms with Crippen LogP contribution >= 0.6 is 11.6 Å². The molecule has 3 nitrogen and oxygen atoms in total. The SMILES string of the molecule is ClCN1NC=CO1. The van der Waals surface area contributed by atoms with Gasteiger partial charge in [0.1, 0.15) is 12.3 Å². The predicted octanol–water partition coefficient (Wildman–Crippen LogP) is 0.406. The molecule has 0 atom stereocenters. The molecule has 1 rings (SSSR count). The van der Waals surface area contributed by atoms with Gasteiger partial charge in [0.2, 0.25) is 0 Å². The number of halogens is 1. The van der Waals surface area contributed by atoms with Crippen molar-refractivity contribution in [1.29, 1.82) is 0 Å². The first-order valence-electron chi connectivity index (χ1n) is 1.85. The largest absolute Gasteiger partial charge is 0.391 e. The Morgan fingerprint density at radius 2 is 2.71 bits per heavy atom.